The minimum Gasteiger partial charge on any atom is -0.480 e. The fraction of sp³-hybridized carbons (Fsp3) is 0.481. The number of hydrogen-bond donors (Lipinski definition) is 1. The molecule has 0 unspecified atom stereocenters. The fourth-order valence-corrected chi connectivity index (χ4v) is 6.12. The number of carboxylic acid groups (broad SMARTS) is 1. The van der Waals surface area contributed by atoms with Crippen molar-refractivity contribution in [3.8, 4) is 11.1 Å². The maximum absolute atomic E-state index is 13.2. The second-order valence-corrected chi connectivity index (χ2v) is 9.55. The molecular formula is C27H31NO4. The molecule has 1 N–H and O–H groups in total. The molecule has 1 heterocycles. The lowest BCUT2D eigenvalue weighted by molar-refractivity contribution is -0.144. The predicted molar refractivity (Wildman–Crippen MR) is 122 cm³/mol. The van der Waals surface area contributed by atoms with Crippen molar-refractivity contribution < 1.29 is 19.4 Å². The summed E-state index contributed by atoms with van der Waals surface area (Å²) in [7, 11) is 0. The summed E-state index contributed by atoms with van der Waals surface area (Å²) in [5, 5.41) is 9.74. The lowest BCUT2D eigenvalue weighted by atomic mass is 9.75. The van der Waals surface area contributed by atoms with Gasteiger partial charge in [-0.05, 0) is 46.9 Å². The van der Waals surface area contributed by atoms with Gasteiger partial charge in [-0.1, -0.05) is 80.6 Å². The first-order valence-electron chi connectivity index (χ1n) is 12.0. The first-order valence-corrected chi connectivity index (χ1v) is 12.0. The molecule has 0 spiro atoms. The Morgan fingerprint density at radius 1 is 0.844 bits per heavy atom. The normalized spacial score (nSPS) is 23.4. The zero-order chi connectivity index (χ0) is 22.1. The minimum atomic E-state index is -0.930. The number of ether oxygens (including phenoxy) is 1. The zero-order valence-corrected chi connectivity index (χ0v) is 18.4. The molecule has 2 aromatic rings. The molecule has 2 fully saturated rings. The molecule has 3 aliphatic rings. The van der Waals surface area contributed by atoms with Gasteiger partial charge >= 0.3 is 12.1 Å². The summed E-state index contributed by atoms with van der Waals surface area (Å²) in [4.78, 5) is 26.6. The smallest absolute Gasteiger partial charge is 0.410 e. The lowest BCUT2D eigenvalue weighted by Crippen LogP contribution is -2.52. The van der Waals surface area contributed by atoms with Gasteiger partial charge in [0.05, 0.1) is 0 Å². The second kappa shape index (κ2) is 8.97. The Morgan fingerprint density at radius 2 is 1.47 bits per heavy atom. The van der Waals surface area contributed by atoms with Crippen LogP contribution in [0, 0.1) is 11.8 Å². The van der Waals surface area contributed by atoms with Crippen molar-refractivity contribution in [3.05, 3.63) is 59.7 Å². The number of amides is 1. The highest BCUT2D eigenvalue weighted by atomic mass is 16.6. The maximum Gasteiger partial charge on any atom is 0.410 e. The van der Waals surface area contributed by atoms with E-state index in [0.29, 0.717) is 24.8 Å². The van der Waals surface area contributed by atoms with Crippen LogP contribution in [0.2, 0.25) is 0 Å². The van der Waals surface area contributed by atoms with E-state index in [1.54, 1.807) is 0 Å². The number of rotatable bonds is 4. The summed E-state index contributed by atoms with van der Waals surface area (Å²) < 4.78 is 5.82. The van der Waals surface area contributed by atoms with Crippen LogP contribution in [-0.4, -0.2) is 41.3 Å². The van der Waals surface area contributed by atoms with Crippen molar-refractivity contribution in [3.63, 3.8) is 0 Å². The molecule has 168 valence electrons. The van der Waals surface area contributed by atoms with Gasteiger partial charge < -0.3 is 9.84 Å². The Hall–Kier alpha value is -2.82. The van der Waals surface area contributed by atoms with Gasteiger partial charge in [0.1, 0.15) is 12.6 Å². The van der Waals surface area contributed by atoms with Gasteiger partial charge in [-0.3, -0.25) is 4.90 Å². The Morgan fingerprint density at radius 3 is 2.09 bits per heavy atom. The van der Waals surface area contributed by atoms with E-state index in [0.717, 1.165) is 17.5 Å². The predicted octanol–water partition coefficient (Wildman–Crippen LogP) is 5.68. The summed E-state index contributed by atoms with van der Waals surface area (Å²) in [6.07, 6.45) is 7.08. The van der Waals surface area contributed by atoms with Gasteiger partial charge in [-0.2, -0.15) is 0 Å². The number of hydrogen-bond acceptors (Lipinski definition) is 3. The van der Waals surface area contributed by atoms with Gasteiger partial charge in [-0.15, -0.1) is 0 Å². The number of carboxylic acids is 1. The number of likely N-dealkylation sites (tertiary alicyclic amines) is 1. The van der Waals surface area contributed by atoms with E-state index in [1.165, 1.54) is 48.1 Å². The lowest BCUT2D eigenvalue weighted by Gasteiger charge is -2.41. The van der Waals surface area contributed by atoms with Crippen LogP contribution in [-0.2, 0) is 9.53 Å². The molecule has 0 radical (unpaired) electrons. The summed E-state index contributed by atoms with van der Waals surface area (Å²) in [6.45, 7) is 0.724. The number of carbonyl (C=O) groups is 2. The highest BCUT2D eigenvalue weighted by molar-refractivity contribution is 5.81. The third-order valence-electron chi connectivity index (χ3n) is 7.79. The molecule has 0 aromatic heterocycles. The van der Waals surface area contributed by atoms with Crippen LogP contribution in [0.15, 0.2) is 48.5 Å². The number of aliphatic carboxylic acids is 1. The molecule has 2 aromatic carbocycles. The third kappa shape index (κ3) is 3.89. The molecule has 32 heavy (non-hydrogen) atoms. The third-order valence-corrected chi connectivity index (χ3v) is 7.79. The Balaban J connectivity index is 1.31. The molecule has 5 heteroatoms. The molecule has 2 atom stereocenters. The standard InChI is InChI=1S/C27H31NO4/c29-26(30)25-15-14-19(18-8-2-1-3-9-18)16-28(25)27(31)32-17-24-22-12-6-4-10-20(22)21-11-5-7-13-23(21)24/h4-7,10-13,18-19,24-25H,1-3,8-9,14-17H2,(H,29,30)/t19-,25-/m0/s1. The minimum absolute atomic E-state index is 0.0199. The first-order chi connectivity index (χ1) is 15.6. The molecule has 0 bridgehead atoms. The van der Waals surface area contributed by atoms with Crippen molar-refractivity contribution in [2.45, 2.75) is 56.9 Å². The molecule has 1 saturated heterocycles. The largest absolute Gasteiger partial charge is 0.480 e. The van der Waals surface area contributed by atoms with Crippen molar-refractivity contribution in [2.75, 3.05) is 13.2 Å². The van der Waals surface area contributed by atoms with E-state index >= 15 is 0 Å². The zero-order valence-electron chi connectivity index (χ0n) is 18.4. The molecule has 1 amide bonds. The van der Waals surface area contributed by atoms with Gasteiger partial charge in [0.25, 0.3) is 0 Å². The van der Waals surface area contributed by atoms with Crippen LogP contribution in [0.3, 0.4) is 0 Å². The van der Waals surface area contributed by atoms with Gasteiger partial charge in [-0.25, -0.2) is 9.59 Å². The highest BCUT2D eigenvalue weighted by Crippen LogP contribution is 2.44. The van der Waals surface area contributed by atoms with E-state index in [1.807, 2.05) is 24.3 Å². The molecule has 1 saturated carbocycles. The SMILES string of the molecule is O=C(O)[C@@H]1CC[C@H](C2CCCCC2)CN1C(=O)OCC1c2ccccc2-c2ccccc21. The summed E-state index contributed by atoms with van der Waals surface area (Å²) in [5.41, 5.74) is 4.69. The van der Waals surface area contributed by atoms with Crippen LogP contribution >= 0.6 is 0 Å². The van der Waals surface area contributed by atoms with Crippen LogP contribution in [0.1, 0.15) is 62.0 Å². The second-order valence-electron chi connectivity index (χ2n) is 9.55. The topological polar surface area (TPSA) is 66.8 Å². The molecule has 1 aliphatic heterocycles. The van der Waals surface area contributed by atoms with Crippen LogP contribution in [0.5, 0.6) is 0 Å². The van der Waals surface area contributed by atoms with E-state index in [2.05, 4.69) is 24.3 Å². The van der Waals surface area contributed by atoms with E-state index in [-0.39, 0.29) is 12.5 Å². The number of carbonyl (C=O) groups excluding carboxylic acids is 1. The summed E-state index contributed by atoms with van der Waals surface area (Å²) in [6, 6.07) is 15.7. The summed E-state index contributed by atoms with van der Waals surface area (Å²) in [5.74, 6) is 0.0305. The fourth-order valence-electron chi connectivity index (χ4n) is 6.12. The Labute approximate surface area is 189 Å². The molecule has 2 aliphatic carbocycles. The average Bonchev–Trinajstić information content (AvgIpc) is 3.16. The average molecular weight is 434 g/mol. The van der Waals surface area contributed by atoms with Gasteiger partial charge in [0, 0.05) is 12.5 Å². The molecular weight excluding hydrogens is 402 g/mol. The number of benzene rings is 2. The van der Waals surface area contributed by atoms with E-state index < -0.39 is 18.1 Å². The van der Waals surface area contributed by atoms with Crippen molar-refractivity contribution in [2.24, 2.45) is 11.8 Å². The van der Waals surface area contributed by atoms with E-state index in [9.17, 15) is 14.7 Å². The number of fused-ring (bicyclic) bond motifs is 3. The van der Waals surface area contributed by atoms with Crippen molar-refractivity contribution >= 4 is 12.1 Å². The van der Waals surface area contributed by atoms with Crippen LogP contribution in [0.25, 0.3) is 11.1 Å². The number of piperidine rings is 1. The van der Waals surface area contributed by atoms with E-state index in [4.69, 9.17) is 4.74 Å². The Kier molecular flexibility index (Phi) is 5.90. The van der Waals surface area contributed by atoms with Crippen molar-refractivity contribution in [1.82, 2.24) is 4.90 Å². The quantitative estimate of drug-likeness (QED) is 0.673. The highest BCUT2D eigenvalue weighted by Gasteiger charge is 2.40. The monoisotopic (exact) mass is 433 g/mol. The first kappa shape index (κ1) is 21.0. The van der Waals surface area contributed by atoms with Gasteiger partial charge in [0.15, 0.2) is 0 Å². The molecule has 5 nitrogen and oxygen atoms in total. The summed E-state index contributed by atoms with van der Waals surface area (Å²) >= 11 is 0. The molecule has 5 rings (SSSR count). The van der Waals surface area contributed by atoms with Crippen LogP contribution < -0.4 is 0 Å². The van der Waals surface area contributed by atoms with Crippen LogP contribution in [0.4, 0.5) is 4.79 Å². The Bertz CT molecular complexity index is 951. The van der Waals surface area contributed by atoms with Crippen molar-refractivity contribution in [1.29, 1.82) is 0 Å². The van der Waals surface area contributed by atoms with Gasteiger partial charge in [0.2, 0.25) is 0 Å². The number of nitrogens with zero attached hydrogens (tertiary/aromatic N) is 1. The maximum atomic E-state index is 13.2.